The predicted molar refractivity (Wildman–Crippen MR) is 80.1 cm³/mol. The minimum Gasteiger partial charge on any atom is -0.464 e. The Morgan fingerprint density at radius 1 is 0.913 bits per heavy atom. The largest absolute Gasteiger partial charge is 0.464 e. The minimum absolute atomic E-state index is 0.0172. The Morgan fingerprint density at radius 2 is 1.65 bits per heavy atom. The van der Waals surface area contributed by atoms with Crippen molar-refractivity contribution >= 4 is 12.1 Å². The van der Waals surface area contributed by atoms with E-state index in [4.69, 9.17) is 28.8 Å². The van der Waals surface area contributed by atoms with E-state index in [-0.39, 0.29) is 26.4 Å². The maximum atomic E-state index is 11.2. The molecule has 0 radical (unpaired) electrons. The van der Waals surface area contributed by atoms with E-state index in [1.807, 2.05) is 0 Å². The third-order valence-electron chi connectivity index (χ3n) is 2.40. The Labute approximate surface area is 136 Å². The van der Waals surface area contributed by atoms with Gasteiger partial charge in [0.2, 0.25) is 0 Å². The van der Waals surface area contributed by atoms with Crippen LogP contribution in [0.15, 0.2) is 0 Å². The van der Waals surface area contributed by atoms with Gasteiger partial charge in [-0.05, 0) is 0 Å². The number of ether oxygens (including phenoxy) is 5. The first-order valence-corrected chi connectivity index (χ1v) is 7.52. The Hall–Kier alpha value is -1.42. The number of carbonyl (C=O) groups is 2. The molecule has 0 unspecified atom stereocenters. The number of alkyl carbamates (subject to hydrolysis) is 1. The highest BCUT2D eigenvalue weighted by molar-refractivity contribution is 5.70. The van der Waals surface area contributed by atoms with Crippen molar-refractivity contribution in [2.24, 2.45) is 0 Å². The van der Waals surface area contributed by atoms with Crippen molar-refractivity contribution in [3.63, 3.8) is 0 Å². The molecule has 0 spiro atoms. The number of esters is 1. The summed E-state index contributed by atoms with van der Waals surface area (Å²) in [5, 5.41) is 11.1. The molecule has 0 aliphatic carbocycles. The third-order valence-corrected chi connectivity index (χ3v) is 2.40. The first-order valence-electron chi connectivity index (χ1n) is 7.52. The predicted octanol–water partition coefficient (Wildman–Crippen LogP) is -0.292. The van der Waals surface area contributed by atoms with Gasteiger partial charge >= 0.3 is 12.1 Å². The molecule has 0 aromatic heterocycles. The van der Waals surface area contributed by atoms with Crippen LogP contribution in [-0.2, 0) is 28.5 Å². The number of hydrogen-bond acceptors (Lipinski definition) is 8. The zero-order chi connectivity index (χ0) is 17.2. The molecule has 0 aromatic rings. The Balaban J connectivity index is 3.23. The summed E-state index contributed by atoms with van der Waals surface area (Å²) in [6.07, 6.45) is 0.572. The van der Waals surface area contributed by atoms with Crippen molar-refractivity contribution in [2.45, 2.75) is 12.8 Å². The Kier molecular flexibility index (Phi) is 15.9. The van der Waals surface area contributed by atoms with Crippen LogP contribution in [0.25, 0.3) is 0 Å². The highest BCUT2D eigenvalue weighted by Gasteiger charge is 2.03. The Bertz CT molecular complexity index is 301. The SMILES string of the molecule is COCCCOC(=O)NCCOCCOCC(=O)OCCCO. The normalized spacial score (nSPS) is 10.3. The summed E-state index contributed by atoms with van der Waals surface area (Å²) in [4.78, 5) is 22.3. The lowest BCUT2D eigenvalue weighted by molar-refractivity contribution is -0.149. The van der Waals surface area contributed by atoms with E-state index >= 15 is 0 Å². The van der Waals surface area contributed by atoms with E-state index in [2.05, 4.69) is 5.32 Å². The van der Waals surface area contributed by atoms with Gasteiger partial charge in [-0.1, -0.05) is 0 Å². The Morgan fingerprint density at radius 3 is 2.39 bits per heavy atom. The van der Waals surface area contributed by atoms with Gasteiger partial charge in [0.25, 0.3) is 0 Å². The molecule has 9 nitrogen and oxygen atoms in total. The molecule has 0 rings (SSSR count). The average molecular weight is 337 g/mol. The third kappa shape index (κ3) is 16.8. The molecule has 9 heteroatoms. The molecule has 0 aliphatic rings. The number of carbonyl (C=O) groups excluding carboxylic acids is 2. The average Bonchev–Trinajstić information content (AvgIpc) is 2.54. The summed E-state index contributed by atoms with van der Waals surface area (Å²) < 4.78 is 24.7. The summed E-state index contributed by atoms with van der Waals surface area (Å²) in [5.41, 5.74) is 0. The number of amides is 1. The highest BCUT2D eigenvalue weighted by Crippen LogP contribution is 1.87. The van der Waals surface area contributed by atoms with Gasteiger partial charge in [0.05, 0.1) is 33.0 Å². The van der Waals surface area contributed by atoms with Crippen molar-refractivity contribution in [1.29, 1.82) is 0 Å². The molecular formula is C14H27NO8. The molecule has 2 N–H and O–H groups in total. The van der Waals surface area contributed by atoms with E-state index in [9.17, 15) is 9.59 Å². The number of aliphatic hydroxyl groups is 1. The quantitative estimate of drug-likeness (QED) is 0.310. The van der Waals surface area contributed by atoms with Gasteiger partial charge < -0.3 is 34.1 Å². The van der Waals surface area contributed by atoms with Crippen LogP contribution in [0, 0.1) is 0 Å². The maximum absolute atomic E-state index is 11.2. The minimum atomic E-state index is -0.494. The van der Waals surface area contributed by atoms with E-state index in [0.717, 1.165) is 0 Å². The number of methoxy groups -OCH3 is 1. The second kappa shape index (κ2) is 16.9. The fourth-order valence-electron chi connectivity index (χ4n) is 1.31. The number of rotatable bonds is 15. The van der Waals surface area contributed by atoms with Crippen LogP contribution in [0.1, 0.15) is 12.8 Å². The van der Waals surface area contributed by atoms with Crippen molar-refractivity contribution in [2.75, 3.05) is 66.5 Å². The van der Waals surface area contributed by atoms with Gasteiger partial charge in [-0.25, -0.2) is 9.59 Å². The van der Waals surface area contributed by atoms with Gasteiger partial charge in [-0.3, -0.25) is 0 Å². The molecule has 0 saturated carbocycles. The molecule has 136 valence electrons. The molecular weight excluding hydrogens is 310 g/mol. The topological polar surface area (TPSA) is 113 Å². The lowest BCUT2D eigenvalue weighted by Gasteiger charge is -2.08. The van der Waals surface area contributed by atoms with Gasteiger partial charge in [0, 0.05) is 39.7 Å². The summed E-state index contributed by atoms with van der Waals surface area (Å²) in [5.74, 6) is -0.476. The van der Waals surface area contributed by atoms with Crippen LogP contribution in [0.2, 0.25) is 0 Å². The van der Waals surface area contributed by atoms with Gasteiger partial charge in [0.1, 0.15) is 6.61 Å². The van der Waals surface area contributed by atoms with Crippen molar-refractivity contribution in [3.05, 3.63) is 0 Å². The van der Waals surface area contributed by atoms with Crippen LogP contribution >= 0.6 is 0 Å². The number of nitrogens with one attached hydrogen (secondary N) is 1. The molecule has 23 heavy (non-hydrogen) atoms. The molecule has 0 saturated heterocycles. The molecule has 1 amide bonds. The summed E-state index contributed by atoms with van der Waals surface area (Å²) >= 11 is 0. The van der Waals surface area contributed by atoms with Crippen molar-refractivity contribution in [1.82, 2.24) is 5.32 Å². The second-order valence-corrected chi connectivity index (χ2v) is 4.37. The summed E-state index contributed by atoms with van der Waals surface area (Å²) in [7, 11) is 1.58. The zero-order valence-electron chi connectivity index (χ0n) is 13.6. The van der Waals surface area contributed by atoms with Crippen LogP contribution < -0.4 is 5.32 Å². The van der Waals surface area contributed by atoms with Crippen LogP contribution in [0.3, 0.4) is 0 Å². The molecule has 0 aliphatic heterocycles. The fourth-order valence-corrected chi connectivity index (χ4v) is 1.31. The molecule has 0 fully saturated rings. The number of aliphatic hydroxyl groups excluding tert-OH is 1. The molecule has 0 heterocycles. The van der Waals surface area contributed by atoms with E-state index in [1.165, 1.54) is 0 Å². The van der Waals surface area contributed by atoms with Gasteiger partial charge in [-0.15, -0.1) is 0 Å². The first-order chi connectivity index (χ1) is 11.2. The monoisotopic (exact) mass is 337 g/mol. The fraction of sp³-hybridized carbons (Fsp3) is 0.857. The lowest BCUT2D eigenvalue weighted by Crippen LogP contribution is -2.28. The summed E-state index contributed by atoms with van der Waals surface area (Å²) in [6.45, 7) is 2.06. The van der Waals surface area contributed by atoms with Crippen molar-refractivity contribution < 1.29 is 38.4 Å². The maximum Gasteiger partial charge on any atom is 0.407 e. The van der Waals surface area contributed by atoms with Gasteiger partial charge in [-0.2, -0.15) is 0 Å². The van der Waals surface area contributed by atoms with Crippen LogP contribution in [-0.4, -0.2) is 83.7 Å². The van der Waals surface area contributed by atoms with Crippen LogP contribution in [0.4, 0.5) is 4.79 Å². The van der Waals surface area contributed by atoms with E-state index < -0.39 is 12.1 Å². The zero-order valence-corrected chi connectivity index (χ0v) is 13.6. The molecule has 0 aromatic carbocycles. The standard InChI is InChI=1S/C14H27NO8/c1-19-6-3-8-23-14(18)15-4-9-20-10-11-21-12-13(17)22-7-2-5-16/h16H,2-12H2,1H3,(H,15,18). The first kappa shape index (κ1) is 21.6. The van der Waals surface area contributed by atoms with Crippen molar-refractivity contribution in [3.8, 4) is 0 Å². The molecule has 0 bridgehead atoms. The number of hydrogen-bond donors (Lipinski definition) is 2. The smallest absolute Gasteiger partial charge is 0.407 e. The van der Waals surface area contributed by atoms with Crippen LogP contribution in [0.5, 0.6) is 0 Å². The summed E-state index contributed by atoms with van der Waals surface area (Å²) in [6, 6.07) is 0. The molecule has 0 atom stereocenters. The van der Waals surface area contributed by atoms with Gasteiger partial charge in [0.15, 0.2) is 0 Å². The lowest BCUT2D eigenvalue weighted by atomic mass is 10.5. The van der Waals surface area contributed by atoms with E-state index in [0.29, 0.717) is 45.8 Å². The second-order valence-electron chi connectivity index (χ2n) is 4.37. The highest BCUT2D eigenvalue weighted by atomic mass is 16.6. The van der Waals surface area contributed by atoms with E-state index in [1.54, 1.807) is 7.11 Å².